The third-order valence-corrected chi connectivity index (χ3v) is 8.67. The minimum Gasteiger partial charge on any atom is -0.392 e. The Labute approximate surface area is 274 Å². The average Bonchev–Trinajstić information content (AvgIpc) is 3.33. The highest BCUT2D eigenvalue weighted by molar-refractivity contribution is 6.76. The van der Waals surface area contributed by atoms with Crippen molar-refractivity contribution in [1.82, 2.24) is 14.9 Å². The van der Waals surface area contributed by atoms with E-state index in [4.69, 9.17) is 67.5 Å². The summed E-state index contributed by atoms with van der Waals surface area (Å²) in [7, 11) is 0. The van der Waals surface area contributed by atoms with Crippen LogP contribution in [0, 0.1) is 5.92 Å². The highest BCUT2D eigenvalue weighted by atomic mass is 35.6. The van der Waals surface area contributed by atoms with Crippen LogP contribution in [0.5, 0.6) is 0 Å². The first-order valence-electron chi connectivity index (χ1n) is 13.4. The summed E-state index contributed by atoms with van der Waals surface area (Å²) in [6.45, 7) is 2.69. The van der Waals surface area contributed by atoms with Crippen molar-refractivity contribution < 1.29 is 19.4 Å². The molecule has 2 heterocycles. The van der Waals surface area contributed by atoms with Gasteiger partial charge in [-0.3, -0.25) is 4.79 Å². The summed E-state index contributed by atoms with van der Waals surface area (Å²) in [6.07, 6.45) is 0.387. The van der Waals surface area contributed by atoms with Crippen molar-refractivity contribution in [3.8, 4) is 11.1 Å². The largest absolute Gasteiger partial charge is 0.392 e. The van der Waals surface area contributed by atoms with Gasteiger partial charge in [0.05, 0.1) is 31.7 Å². The third kappa shape index (κ3) is 7.67. The van der Waals surface area contributed by atoms with Gasteiger partial charge in [-0.25, -0.2) is 4.98 Å². The summed E-state index contributed by atoms with van der Waals surface area (Å²) in [5, 5.41) is 12.7. The van der Waals surface area contributed by atoms with Crippen molar-refractivity contribution in [2.24, 2.45) is 5.92 Å². The van der Waals surface area contributed by atoms with Crippen LogP contribution in [0.15, 0.2) is 79.1 Å². The lowest BCUT2D eigenvalue weighted by Crippen LogP contribution is -2.39. The zero-order valence-corrected chi connectivity index (χ0v) is 26.7. The molecule has 1 amide bonds. The van der Waals surface area contributed by atoms with Crippen molar-refractivity contribution in [3.63, 3.8) is 0 Å². The van der Waals surface area contributed by atoms with E-state index in [9.17, 15) is 9.90 Å². The molecule has 1 aromatic heterocycles. The van der Waals surface area contributed by atoms with Gasteiger partial charge < -0.3 is 24.5 Å². The van der Waals surface area contributed by atoms with Crippen LogP contribution < -0.4 is 5.32 Å². The standard InChI is InChI=1S/C31H28Cl5N3O4/c1-18-25(15-39-17-38-27(32)28(39)33)42-29(43-26(18)22-7-5-19(16-40)6-8-22)23-11-9-21(10-12-23)24-4-2-3-20(13-24)14-37-30(41)31(34,35)36/h2-13,17-18,25-26,29,40H,14-16H2,1H3,(H,37,41)/t18-,25+,26+,29+/m1/s1. The second kappa shape index (κ2) is 13.8. The minimum atomic E-state index is -2.02. The fourth-order valence-electron chi connectivity index (χ4n) is 4.97. The van der Waals surface area contributed by atoms with Crippen LogP contribution in [0.3, 0.4) is 0 Å². The number of nitrogens with one attached hydrogen (secondary N) is 1. The lowest BCUT2D eigenvalue weighted by atomic mass is 9.90. The number of imidazole rings is 1. The Kier molecular flexibility index (Phi) is 10.3. The van der Waals surface area contributed by atoms with E-state index < -0.39 is 16.0 Å². The van der Waals surface area contributed by atoms with Gasteiger partial charge >= 0.3 is 0 Å². The van der Waals surface area contributed by atoms with E-state index >= 15 is 0 Å². The molecule has 4 aromatic rings. The van der Waals surface area contributed by atoms with Gasteiger partial charge in [0.15, 0.2) is 11.4 Å². The molecule has 1 saturated heterocycles. The molecule has 0 spiro atoms. The Morgan fingerprint density at radius 3 is 2.28 bits per heavy atom. The van der Waals surface area contributed by atoms with Crippen LogP contribution in [0.2, 0.25) is 10.3 Å². The number of halogens is 5. The molecule has 43 heavy (non-hydrogen) atoms. The first kappa shape index (κ1) is 32.1. The van der Waals surface area contributed by atoms with Crippen molar-refractivity contribution >= 4 is 63.9 Å². The average molecular weight is 684 g/mol. The molecule has 0 unspecified atom stereocenters. The Hall–Kier alpha value is -2.33. The smallest absolute Gasteiger partial charge is 0.272 e. The Balaban J connectivity index is 1.37. The van der Waals surface area contributed by atoms with E-state index in [0.29, 0.717) is 11.7 Å². The number of amides is 1. The van der Waals surface area contributed by atoms with Crippen molar-refractivity contribution in [3.05, 3.63) is 112 Å². The topological polar surface area (TPSA) is 85.6 Å². The molecule has 226 valence electrons. The Bertz CT molecular complexity index is 1560. The summed E-state index contributed by atoms with van der Waals surface area (Å²) < 4.78 is 12.8. The minimum absolute atomic E-state index is 0.0333. The van der Waals surface area contributed by atoms with Gasteiger partial charge in [0, 0.05) is 18.0 Å². The SMILES string of the molecule is C[C@@H]1[C@H](Cn2cnc(Cl)c2Cl)O[C@H](c2ccc(-c3cccc(CNC(=O)C(Cl)(Cl)Cl)c3)cc2)O[C@@H]1c1ccc(CO)cc1. The van der Waals surface area contributed by atoms with Crippen molar-refractivity contribution in [1.29, 1.82) is 0 Å². The second-order valence-electron chi connectivity index (χ2n) is 10.3. The summed E-state index contributed by atoms with van der Waals surface area (Å²) in [5.41, 5.74) is 5.43. The lowest BCUT2D eigenvalue weighted by molar-refractivity contribution is -0.276. The molecule has 1 aliphatic heterocycles. The number of rotatable bonds is 8. The molecule has 0 radical (unpaired) electrons. The van der Waals surface area contributed by atoms with Gasteiger partial charge in [0.1, 0.15) is 5.15 Å². The molecule has 4 atom stereocenters. The normalized spacial score (nSPS) is 20.6. The van der Waals surface area contributed by atoms with Crippen molar-refractivity contribution in [2.45, 2.75) is 48.9 Å². The van der Waals surface area contributed by atoms with Crippen LogP contribution in [0.4, 0.5) is 0 Å². The highest BCUT2D eigenvalue weighted by Crippen LogP contribution is 2.42. The number of alkyl halides is 3. The number of ether oxygens (including phenoxy) is 2. The molecule has 0 aliphatic carbocycles. The quantitative estimate of drug-likeness (QED) is 0.185. The third-order valence-electron chi connectivity index (χ3n) is 7.39. The first-order valence-corrected chi connectivity index (χ1v) is 15.3. The number of aliphatic hydroxyl groups is 1. The van der Waals surface area contributed by atoms with Crippen LogP contribution >= 0.6 is 58.0 Å². The van der Waals surface area contributed by atoms with E-state index in [0.717, 1.165) is 33.4 Å². The maximum Gasteiger partial charge on any atom is 0.272 e. The number of carbonyl (C=O) groups is 1. The van der Waals surface area contributed by atoms with Gasteiger partial charge in [0.2, 0.25) is 0 Å². The van der Waals surface area contributed by atoms with Gasteiger partial charge in [-0.15, -0.1) is 0 Å². The second-order valence-corrected chi connectivity index (χ2v) is 13.3. The summed E-state index contributed by atoms with van der Waals surface area (Å²) in [5.74, 6) is -0.731. The molecule has 2 N–H and O–H groups in total. The molecular formula is C31H28Cl5N3O4. The highest BCUT2D eigenvalue weighted by Gasteiger charge is 2.39. The monoisotopic (exact) mass is 681 g/mol. The number of benzene rings is 3. The summed E-state index contributed by atoms with van der Waals surface area (Å²) >= 11 is 29.4. The lowest BCUT2D eigenvalue weighted by Gasteiger charge is -2.41. The molecule has 5 rings (SSSR count). The Morgan fingerprint density at radius 2 is 1.65 bits per heavy atom. The number of carbonyl (C=O) groups excluding carboxylic acids is 1. The number of nitrogens with zero attached hydrogens (tertiary/aromatic N) is 2. The molecule has 3 aromatic carbocycles. The van der Waals surface area contributed by atoms with Gasteiger partial charge in [0.25, 0.3) is 9.70 Å². The maximum atomic E-state index is 11.9. The van der Waals surface area contributed by atoms with E-state index in [-0.39, 0.29) is 36.4 Å². The van der Waals surface area contributed by atoms with Crippen LogP contribution in [0.25, 0.3) is 11.1 Å². The molecule has 0 bridgehead atoms. The summed E-state index contributed by atoms with van der Waals surface area (Å²) in [6, 6.07) is 23.4. The maximum absolute atomic E-state index is 11.9. The molecule has 0 saturated carbocycles. The van der Waals surface area contributed by atoms with Crippen molar-refractivity contribution in [2.75, 3.05) is 0 Å². The van der Waals surface area contributed by atoms with Gasteiger partial charge in [-0.05, 0) is 33.9 Å². The zero-order valence-electron chi connectivity index (χ0n) is 22.9. The van der Waals surface area contributed by atoms with Crippen LogP contribution in [-0.2, 0) is 34.0 Å². The fraction of sp³-hybridized carbons (Fsp3) is 0.290. The molecule has 1 fully saturated rings. The van der Waals surface area contributed by atoms with Gasteiger partial charge in [-0.2, -0.15) is 0 Å². The fourth-order valence-corrected chi connectivity index (χ4v) is 5.48. The number of hydrogen-bond acceptors (Lipinski definition) is 5. The van der Waals surface area contributed by atoms with E-state index in [1.54, 1.807) is 10.9 Å². The predicted octanol–water partition coefficient (Wildman–Crippen LogP) is 7.83. The zero-order chi connectivity index (χ0) is 30.7. The van der Waals surface area contributed by atoms with E-state index in [2.05, 4.69) is 17.2 Å². The number of aliphatic hydroxyl groups excluding tert-OH is 1. The van der Waals surface area contributed by atoms with E-state index in [1.165, 1.54) is 0 Å². The summed E-state index contributed by atoms with van der Waals surface area (Å²) in [4.78, 5) is 16.0. The van der Waals surface area contributed by atoms with Gasteiger partial charge in [-0.1, -0.05) is 132 Å². The van der Waals surface area contributed by atoms with E-state index in [1.807, 2.05) is 72.8 Å². The molecule has 12 heteroatoms. The predicted molar refractivity (Wildman–Crippen MR) is 169 cm³/mol. The van der Waals surface area contributed by atoms with Crippen LogP contribution in [0.1, 0.15) is 41.6 Å². The van der Waals surface area contributed by atoms with Crippen LogP contribution in [-0.4, -0.2) is 30.5 Å². The number of hydrogen-bond donors (Lipinski definition) is 2. The Morgan fingerprint density at radius 1 is 0.953 bits per heavy atom. The first-order chi connectivity index (χ1) is 20.5. The molecule has 7 nitrogen and oxygen atoms in total. The molecular weight excluding hydrogens is 656 g/mol. The number of aromatic nitrogens is 2. The molecule has 1 aliphatic rings.